The van der Waals surface area contributed by atoms with Crippen molar-refractivity contribution in [2.45, 2.75) is 51.7 Å². The number of hydrogen-bond donors (Lipinski definition) is 2. The Bertz CT molecular complexity index is 453. The van der Waals surface area contributed by atoms with Gasteiger partial charge in [0.05, 0.1) is 0 Å². The highest BCUT2D eigenvalue weighted by atomic mass is 16.6. The van der Waals surface area contributed by atoms with Crippen LogP contribution >= 0.6 is 0 Å². The van der Waals surface area contributed by atoms with Crippen LogP contribution in [0.3, 0.4) is 0 Å². The second-order valence-electron chi connectivity index (χ2n) is 7.03. The van der Waals surface area contributed by atoms with Gasteiger partial charge in [-0.25, -0.2) is 4.79 Å². The largest absolute Gasteiger partial charge is 0.481 e. The van der Waals surface area contributed by atoms with Gasteiger partial charge in [0, 0.05) is 32.6 Å². The number of esters is 1. The lowest BCUT2D eigenvalue weighted by Crippen LogP contribution is -2.56. The van der Waals surface area contributed by atoms with E-state index >= 15 is 0 Å². The van der Waals surface area contributed by atoms with Gasteiger partial charge in [-0.2, -0.15) is 0 Å². The van der Waals surface area contributed by atoms with Gasteiger partial charge in [-0.15, -0.1) is 0 Å². The minimum absolute atomic E-state index is 0.184. The summed E-state index contributed by atoms with van der Waals surface area (Å²) in [7, 11) is 0. The average Bonchev–Trinajstić information content (AvgIpc) is 2.49. The number of carboxylic acid groups (broad SMARTS) is 1. The number of aliphatic carboxylic acids is 1. The van der Waals surface area contributed by atoms with Gasteiger partial charge in [0.1, 0.15) is 5.60 Å². The predicted octanol–water partition coefficient (Wildman–Crippen LogP) is 0.0545. The van der Waals surface area contributed by atoms with Gasteiger partial charge >= 0.3 is 11.9 Å². The highest BCUT2D eigenvalue weighted by Gasteiger charge is 2.32. The molecule has 24 heavy (non-hydrogen) atoms. The zero-order valence-corrected chi connectivity index (χ0v) is 14.8. The first-order chi connectivity index (χ1) is 11.1. The van der Waals surface area contributed by atoms with Crippen LogP contribution in [0.2, 0.25) is 0 Å². The fraction of sp³-hybridized carbons (Fsp3) is 0.812. The molecule has 1 aliphatic rings. The Morgan fingerprint density at radius 2 is 1.71 bits per heavy atom. The molecule has 1 unspecified atom stereocenters. The molecule has 0 saturated carbocycles. The summed E-state index contributed by atoms with van der Waals surface area (Å²) in [6, 6.07) is -1.29. The summed E-state index contributed by atoms with van der Waals surface area (Å²) in [5, 5.41) is 8.61. The highest BCUT2D eigenvalue weighted by Crippen LogP contribution is 2.10. The molecule has 3 N–H and O–H groups in total. The van der Waals surface area contributed by atoms with Crippen molar-refractivity contribution in [1.29, 1.82) is 0 Å². The number of piperazine rings is 1. The SMILES string of the molecule is CC(C)(C)OC(=O)C(N)C(=O)N1CCN(CCCCC(=O)O)CC1. The first-order valence-corrected chi connectivity index (χ1v) is 8.31. The van der Waals surface area contributed by atoms with Crippen LogP contribution in [0.5, 0.6) is 0 Å². The van der Waals surface area contributed by atoms with Gasteiger partial charge < -0.3 is 20.5 Å². The molecule has 0 aromatic rings. The maximum atomic E-state index is 12.3. The van der Waals surface area contributed by atoms with E-state index in [9.17, 15) is 14.4 Å². The molecule has 0 radical (unpaired) electrons. The number of amides is 1. The fourth-order valence-electron chi connectivity index (χ4n) is 2.47. The summed E-state index contributed by atoms with van der Waals surface area (Å²) < 4.78 is 5.15. The van der Waals surface area contributed by atoms with Crippen LogP contribution in [-0.2, 0) is 19.1 Å². The quantitative estimate of drug-likeness (QED) is 0.381. The van der Waals surface area contributed by atoms with Crippen molar-refractivity contribution in [2.24, 2.45) is 5.73 Å². The third-order valence-electron chi connectivity index (χ3n) is 3.73. The van der Waals surface area contributed by atoms with Gasteiger partial charge in [-0.3, -0.25) is 14.5 Å². The van der Waals surface area contributed by atoms with E-state index in [1.165, 1.54) is 0 Å². The minimum atomic E-state index is -1.29. The monoisotopic (exact) mass is 343 g/mol. The van der Waals surface area contributed by atoms with Crippen LogP contribution in [0, 0.1) is 0 Å². The number of nitrogens with two attached hydrogens (primary N) is 1. The Morgan fingerprint density at radius 1 is 1.12 bits per heavy atom. The lowest BCUT2D eigenvalue weighted by Gasteiger charge is -2.35. The van der Waals surface area contributed by atoms with E-state index in [-0.39, 0.29) is 6.42 Å². The van der Waals surface area contributed by atoms with Crippen molar-refractivity contribution in [3.8, 4) is 0 Å². The number of carbonyl (C=O) groups excluding carboxylic acids is 2. The average molecular weight is 343 g/mol. The molecule has 1 fully saturated rings. The molecular weight excluding hydrogens is 314 g/mol. The highest BCUT2D eigenvalue weighted by molar-refractivity contribution is 6.01. The fourth-order valence-corrected chi connectivity index (χ4v) is 2.47. The van der Waals surface area contributed by atoms with Crippen LogP contribution < -0.4 is 5.73 Å². The molecule has 0 bridgehead atoms. The molecule has 0 aliphatic carbocycles. The Hall–Kier alpha value is -1.67. The molecule has 0 aromatic carbocycles. The second-order valence-corrected chi connectivity index (χ2v) is 7.03. The predicted molar refractivity (Wildman–Crippen MR) is 88.3 cm³/mol. The third-order valence-corrected chi connectivity index (χ3v) is 3.73. The number of nitrogens with zero attached hydrogens (tertiary/aromatic N) is 2. The number of carbonyl (C=O) groups is 3. The second kappa shape index (κ2) is 8.98. The maximum Gasteiger partial charge on any atom is 0.333 e. The zero-order valence-electron chi connectivity index (χ0n) is 14.8. The van der Waals surface area contributed by atoms with Crippen LogP contribution in [0.15, 0.2) is 0 Å². The number of rotatable bonds is 7. The van der Waals surface area contributed by atoms with Crippen molar-refractivity contribution in [1.82, 2.24) is 9.80 Å². The number of unbranched alkanes of at least 4 members (excludes halogenated alkanes) is 1. The first kappa shape index (κ1) is 20.4. The van der Waals surface area contributed by atoms with Crippen molar-refractivity contribution in [3.63, 3.8) is 0 Å². The van der Waals surface area contributed by atoms with Crippen molar-refractivity contribution in [2.75, 3.05) is 32.7 Å². The van der Waals surface area contributed by atoms with Crippen molar-refractivity contribution in [3.05, 3.63) is 0 Å². The molecule has 1 aliphatic heterocycles. The standard InChI is InChI=1S/C16H29N3O5/c1-16(2,3)24-15(23)13(17)14(22)19-10-8-18(9-11-19)7-5-4-6-12(20)21/h13H,4-11,17H2,1-3H3,(H,20,21). The molecule has 0 spiro atoms. The molecule has 1 heterocycles. The Kier molecular flexibility index (Phi) is 7.62. The van der Waals surface area contributed by atoms with E-state index in [0.29, 0.717) is 32.6 Å². The van der Waals surface area contributed by atoms with E-state index in [0.717, 1.165) is 13.0 Å². The molecular formula is C16H29N3O5. The van der Waals surface area contributed by atoms with E-state index in [4.69, 9.17) is 15.6 Å². The first-order valence-electron chi connectivity index (χ1n) is 8.31. The zero-order chi connectivity index (χ0) is 18.3. The van der Waals surface area contributed by atoms with E-state index in [1.807, 2.05) is 0 Å². The molecule has 1 rings (SSSR count). The van der Waals surface area contributed by atoms with Gasteiger partial charge in [0.25, 0.3) is 5.91 Å². The van der Waals surface area contributed by atoms with Crippen LogP contribution in [0.4, 0.5) is 0 Å². The van der Waals surface area contributed by atoms with Crippen molar-refractivity contribution >= 4 is 17.8 Å². The topological polar surface area (TPSA) is 113 Å². The lowest BCUT2D eigenvalue weighted by molar-refractivity contribution is -0.160. The summed E-state index contributed by atoms with van der Waals surface area (Å²) in [4.78, 5) is 38.4. The van der Waals surface area contributed by atoms with Gasteiger partial charge in [-0.05, 0) is 40.2 Å². The van der Waals surface area contributed by atoms with Crippen LogP contribution in [-0.4, -0.2) is 77.1 Å². The van der Waals surface area contributed by atoms with E-state index in [1.54, 1.807) is 25.7 Å². The molecule has 1 saturated heterocycles. The summed E-state index contributed by atoms with van der Waals surface area (Å²) in [5.74, 6) is -1.89. The Labute approximate surface area is 142 Å². The molecule has 1 amide bonds. The number of hydrogen-bond acceptors (Lipinski definition) is 6. The normalized spacial score (nSPS) is 17.4. The Morgan fingerprint density at radius 3 is 2.21 bits per heavy atom. The van der Waals surface area contributed by atoms with Gasteiger partial charge in [0.2, 0.25) is 0 Å². The van der Waals surface area contributed by atoms with Crippen molar-refractivity contribution < 1.29 is 24.2 Å². The summed E-state index contributed by atoms with van der Waals surface area (Å²) in [6.45, 7) is 8.40. The molecule has 0 aromatic heterocycles. The third kappa shape index (κ3) is 7.27. The molecule has 8 nitrogen and oxygen atoms in total. The number of carboxylic acids is 1. The smallest absolute Gasteiger partial charge is 0.333 e. The summed E-state index contributed by atoms with van der Waals surface area (Å²) >= 11 is 0. The molecule has 8 heteroatoms. The van der Waals surface area contributed by atoms with E-state index in [2.05, 4.69) is 4.90 Å². The Balaban J connectivity index is 2.34. The minimum Gasteiger partial charge on any atom is -0.481 e. The molecule has 138 valence electrons. The maximum absolute atomic E-state index is 12.3. The van der Waals surface area contributed by atoms with Crippen LogP contribution in [0.25, 0.3) is 0 Å². The number of ether oxygens (including phenoxy) is 1. The summed E-state index contributed by atoms with van der Waals surface area (Å²) in [5.41, 5.74) is 5.05. The van der Waals surface area contributed by atoms with Gasteiger partial charge in [0.15, 0.2) is 6.04 Å². The summed E-state index contributed by atoms with van der Waals surface area (Å²) in [6.07, 6.45) is 1.65. The lowest BCUT2D eigenvalue weighted by atomic mass is 10.1. The van der Waals surface area contributed by atoms with Gasteiger partial charge in [-0.1, -0.05) is 0 Å². The van der Waals surface area contributed by atoms with Crippen LogP contribution in [0.1, 0.15) is 40.0 Å². The van der Waals surface area contributed by atoms with E-state index < -0.39 is 29.5 Å². The molecule has 1 atom stereocenters.